The van der Waals surface area contributed by atoms with Crippen LogP contribution in [0.5, 0.6) is 5.95 Å². The highest BCUT2D eigenvalue weighted by molar-refractivity contribution is 6.27. The highest BCUT2D eigenvalue weighted by Crippen LogP contribution is 2.44. The fourth-order valence-corrected chi connectivity index (χ4v) is 1.73. The van der Waals surface area contributed by atoms with Crippen LogP contribution in [-0.4, -0.2) is 23.9 Å². The standard InChI is InChI=1S/C9H5NO5/c1-13-8(11)2-3-6-7(15-9(3)12)4(10)5(2)14-6/h10,12H,1H3. The minimum atomic E-state index is -0.657. The van der Waals surface area contributed by atoms with Crippen molar-refractivity contribution in [1.82, 2.24) is 0 Å². The lowest BCUT2D eigenvalue weighted by molar-refractivity contribution is 0.0601. The molecule has 6 heteroatoms. The molecule has 1 aliphatic rings. The van der Waals surface area contributed by atoms with E-state index in [0.717, 1.165) is 0 Å². The fourth-order valence-electron chi connectivity index (χ4n) is 1.73. The van der Waals surface area contributed by atoms with E-state index in [1.54, 1.807) is 0 Å². The summed E-state index contributed by atoms with van der Waals surface area (Å²) >= 11 is 0. The van der Waals surface area contributed by atoms with Crippen molar-refractivity contribution >= 4 is 22.7 Å². The molecule has 2 bridgehead atoms. The zero-order valence-corrected chi connectivity index (χ0v) is 7.58. The quantitative estimate of drug-likeness (QED) is 0.585. The number of furan rings is 2. The Balaban J connectivity index is 2.46. The van der Waals surface area contributed by atoms with Gasteiger partial charge in [0.2, 0.25) is 5.76 Å². The van der Waals surface area contributed by atoms with E-state index in [4.69, 9.17) is 14.2 Å². The molecule has 0 fully saturated rings. The molecule has 0 spiro atoms. The lowest BCUT2D eigenvalue weighted by atomic mass is 10.0. The number of fused-ring (bicyclic) bond motifs is 1. The molecule has 76 valence electrons. The van der Waals surface area contributed by atoms with Crippen LogP contribution in [0.1, 0.15) is 21.9 Å². The average Bonchev–Trinajstić information content (AvgIpc) is 2.80. The lowest BCUT2D eigenvalue weighted by Crippen LogP contribution is -2.08. The van der Waals surface area contributed by atoms with Crippen molar-refractivity contribution in [3.63, 3.8) is 0 Å². The van der Waals surface area contributed by atoms with Crippen molar-refractivity contribution in [2.45, 2.75) is 0 Å². The smallest absolute Gasteiger partial charge is 0.342 e. The van der Waals surface area contributed by atoms with Crippen molar-refractivity contribution in [1.29, 1.82) is 5.41 Å². The molecule has 2 aromatic rings. The van der Waals surface area contributed by atoms with E-state index in [2.05, 4.69) is 4.74 Å². The molecule has 0 unspecified atom stereocenters. The monoisotopic (exact) mass is 207 g/mol. The van der Waals surface area contributed by atoms with Crippen LogP contribution in [0.2, 0.25) is 0 Å². The lowest BCUT2D eigenvalue weighted by Gasteiger charge is -1.98. The molecule has 0 aliphatic carbocycles. The summed E-state index contributed by atoms with van der Waals surface area (Å²) in [5.74, 6) is -0.829. The van der Waals surface area contributed by atoms with E-state index in [0.29, 0.717) is 0 Å². The van der Waals surface area contributed by atoms with Gasteiger partial charge in [-0.15, -0.1) is 0 Å². The summed E-state index contributed by atoms with van der Waals surface area (Å²) in [6, 6.07) is 0. The molecule has 3 heterocycles. The van der Waals surface area contributed by atoms with Crippen LogP contribution in [-0.2, 0) is 4.74 Å². The summed E-state index contributed by atoms with van der Waals surface area (Å²) in [7, 11) is 1.22. The van der Waals surface area contributed by atoms with E-state index in [-0.39, 0.29) is 33.8 Å². The molecular formula is C9H5NO5. The summed E-state index contributed by atoms with van der Waals surface area (Å²) < 4.78 is 14.6. The maximum absolute atomic E-state index is 11.4. The number of methoxy groups -OCH3 is 1. The van der Waals surface area contributed by atoms with Gasteiger partial charge in [-0.05, 0) is 0 Å². The van der Waals surface area contributed by atoms with E-state index < -0.39 is 11.9 Å². The van der Waals surface area contributed by atoms with Crippen molar-refractivity contribution in [2.75, 3.05) is 7.11 Å². The van der Waals surface area contributed by atoms with Gasteiger partial charge in [-0.3, -0.25) is 5.41 Å². The van der Waals surface area contributed by atoms with Gasteiger partial charge < -0.3 is 18.7 Å². The first-order valence-corrected chi connectivity index (χ1v) is 4.11. The van der Waals surface area contributed by atoms with Crippen molar-refractivity contribution in [2.24, 2.45) is 0 Å². The molecule has 1 aliphatic heterocycles. The van der Waals surface area contributed by atoms with E-state index in [1.807, 2.05) is 0 Å². The van der Waals surface area contributed by atoms with Crippen LogP contribution in [0.4, 0.5) is 0 Å². The Morgan fingerprint density at radius 1 is 1.40 bits per heavy atom. The summed E-state index contributed by atoms with van der Waals surface area (Å²) in [5.41, 5.74) is 0.238. The molecule has 2 aromatic heterocycles. The van der Waals surface area contributed by atoms with Gasteiger partial charge in [0.15, 0.2) is 11.3 Å². The second kappa shape index (κ2) is 2.22. The van der Waals surface area contributed by atoms with E-state index in [1.165, 1.54) is 7.11 Å². The number of ether oxygens (including phenoxy) is 1. The van der Waals surface area contributed by atoms with E-state index >= 15 is 0 Å². The van der Waals surface area contributed by atoms with Crippen LogP contribution < -0.4 is 0 Å². The predicted octanol–water partition coefficient (Wildman–Crippen LogP) is 1.25. The first-order valence-electron chi connectivity index (χ1n) is 4.11. The molecular weight excluding hydrogens is 202 g/mol. The predicted molar refractivity (Wildman–Crippen MR) is 47.4 cm³/mol. The zero-order valence-electron chi connectivity index (χ0n) is 7.58. The van der Waals surface area contributed by atoms with Crippen LogP contribution in [0.15, 0.2) is 8.83 Å². The highest BCUT2D eigenvalue weighted by atomic mass is 16.5. The van der Waals surface area contributed by atoms with E-state index in [9.17, 15) is 9.90 Å². The number of hydrogen-bond acceptors (Lipinski definition) is 6. The third-order valence-corrected chi connectivity index (χ3v) is 2.37. The van der Waals surface area contributed by atoms with Gasteiger partial charge in [0.05, 0.1) is 7.11 Å². The zero-order chi connectivity index (χ0) is 10.7. The average molecular weight is 207 g/mol. The minimum absolute atomic E-state index is 0.0433. The van der Waals surface area contributed by atoms with Crippen molar-refractivity contribution in [3.05, 3.63) is 17.1 Å². The number of carbonyl (C=O) groups excluding carboxylic acids is 1. The SMILES string of the molecule is COC(=O)c1c2oc3c(oc(O)c13)C2=N. The molecule has 0 saturated carbocycles. The van der Waals surface area contributed by atoms with Crippen molar-refractivity contribution < 1.29 is 23.5 Å². The van der Waals surface area contributed by atoms with Crippen LogP contribution in [0.25, 0.3) is 11.0 Å². The summed E-state index contributed by atoms with van der Waals surface area (Å²) in [6.45, 7) is 0. The Kier molecular flexibility index (Phi) is 1.20. The number of hydrogen-bond donors (Lipinski definition) is 2. The number of carbonyl (C=O) groups is 1. The Labute approximate surface area is 82.5 Å². The number of esters is 1. The van der Waals surface area contributed by atoms with Gasteiger partial charge in [0.1, 0.15) is 16.7 Å². The van der Waals surface area contributed by atoms with Gasteiger partial charge in [-0.1, -0.05) is 0 Å². The second-order valence-electron chi connectivity index (χ2n) is 3.11. The van der Waals surface area contributed by atoms with Gasteiger partial charge in [0.25, 0.3) is 5.95 Å². The summed E-state index contributed by atoms with van der Waals surface area (Å²) in [4.78, 5) is 11.4. The van der Waals surface area contributed by atoms with Crippen LogP contribution in [0, 0.1) is 5.41 Å². The molecule has 2 N–H and O–H groups in total. The van der Waals surface area contributed by atoms with Crippen LogP contribution >= 0.6 is 0 Å². The van der Waals surface area contributed by atoms with Crippen molar-refractivity contribution in [3.8, 4) is 5.95 Å². The minimum Gasteiger partial charge on any atom is -0.480 e. The largest absolute Gasteiger partial charge is 0.480 e. The van der Waals surface area contributed by atoms with Gasteiger partial charge in [-0.25, -0.2) is 4.79 Å². The number of aromatic hydroxyl groups is 1. The Hall–Kier alpha value is -2.24. The molecule has 0 atom stereocenters. The molecule has 15 heavy (non-hydrogen) atoms. The normalized spacial score (nSPS) is 13.0. The number of rotatable bonds is 1. The van der Waals surface area contributed by atoms with Gasteiger partial charge >= 0.3 is 5.97 Å². The summed E-state index contributed by atoms with van der Waals surface area (Å²) in [6.07, 6.45) is 0. The first-order chi connectivity index (χ1) is 7.15. The Morgan fingerprint density at radius 3 is 2.80 bits per heavy atom. The van der Waals surface area contributed by atoms with Gasteiger partial charge in [0, 0.05) is 0 Å². The fraction of sp³-hybridized carbons (Fsp3) is 0.111. The molecule has 6 nitrogen and oxygen atoms in total. The molecule has 0 radical (unpaired) electrons. The summed E-state index contributed by atoms with van der Waals surface area (Å²) in [5, 5.41) is 17.2. The Bertz CT molecular complexity index is 618. The first kappa shape index (κ1) is 8.10. The van der Waals surface area contributed by atoms with Gasteiger partial charge in [-0.2, -0.15) is 0 Å². The maximum atomic E-state index is 11.4. The molecule has 0 saturated heterocycles. The molecule has 0 amide bonds. The topological polar surface area (TPSA) is 96.7 Å². The number of nitrogens with one attached hydrogen (secondary N) is 1. The second-order valence-corrected chi connectivity index (χ2v) is 3.11. The Morgan fingerprint density at radius 2 is 2.13 bits per heavy atom. The molecule has 3 rings (SSSR count). The maximum Gasteiger partial charge on any atom is 0.342 e. The third kappa shape index (κ3) is 0.709. The highest BCUT2D eigenvalue weighted by Gasteiger charge is 2.39. The molecule has 0 aromatic carbocycles. The van der Waals surface area contributed by atoms with Crippen LogP contribution in [0.3, 0.4) is 0 Å². The third-order valence-electron chi connectivity index (χ3n) is 2.37.